The number of methoxy groups -OCH3 is 2. The minimum absolute atomic E-state index is 0.179. The summed E-state index contributed by atoms with van der Waals surface area (Å²) < 4.78 is 11.2. The van der Waals surface area contributed by atoms with Gasteiger partial charge >= 0.3 is 0 Å². The largest absolute Gasteiger partial charge is 0.493 e. The Bertz CT molecular complexity index is 1170. The molecule has 1 amide bonds. The van der Waals surface area contributed by atoms with Gasteiger partial charge in [-0.1, -0.05) is 66.9 Å². The van der Waals surface area contributed by atoms with E-state index in [0.29, 0.717) is 17.3 Å². The number of hydrogen-bond donors (Lipinski definition) is 0. The number of rotatable bonds is 5. The molecule has 5 rings (SSSR count). The van der Waals surface area contributed by atoms with Crippen LogP contribution >= 0.6 is 11.6 Å². The maximum absolute atomic E-state index is 14.5. The van der Waals surface area contributed by atoms with Gasteiger partial charge in [0.1, 0.15) is 0 Å². The van der Waals surface area contributed by atoms with Crippen molar-refractivity contribution in [2.24, 2.45) is 0 Å². The van der Waals surface area contributed by atoms with Gasteiger partial charge in [0, 0.05) is 11.6 Å². The molecule has 1 atom stereocenters. The van der Waals surface area contributed by atoms with Crippen molar-refractivity contribution in [1.29, 1.82) is 0 Å². The molecule has 2 aliphatic rings. The summed E-state index contributed by atoms with van der Waals surface area (Å²) in [7, 11) is 3.31. The van der Waals surface area contributed by atoms with Crippen LogP contribution in [0.2, 0.25) is 5.02 Å². The lowest BCUT2D eigenvalue weighted by Crippen LogP contribution is -2.49. The second-order valence-electron chi connectivity index (χ2n) is 9.26. The number of carbonyl (C=O) groups is 1. The Morgan fingerprint density at radius 2 is 1.59 bits per heavy atom. The average molecular weight is 476 g/mol. The predicted octanol–water partition coefficient (Wildman–Crippen LogP) is 6.34. The minimum Gasteiger partial charge on any atom is -0.493 e. The lowest BCUT2D eigenvalue weighted by atomic mass is 9.76. The van der Waals surface area contributed by atoms with Crippen molar-refractivity contribution in [3.8, 4) is 11.5 Å². The van der Waals surface area contributed by atoms with Crippen molar-refractivity contribution in [2.45, 2.75) is 43.6 Å². The molecule has 0 saturated heterocycles. The highest BCUT2D eigenvalue weighted by Crippen LogP contribution is 2.47. The van der Waals surface area contributed by atoms with E-state index in [2.05, 4.69) is 29.2 Å². The highest BCUT2D eigenvalue weighted by molar-refractivity contribution is 6.30. The predicted molar refractivity (Wildman–Crippen MR) is 135 cm³/mol. The van der Waals surface area contributed by atoms with Gasteiger partial charge in [0.05, 0.1) is 25.7 Å². The molecule has 0 unspecified atom stereocenters. The van der Waals surface area contributed by atoms with Crippen LogP contribution in [-0.4, -0.2) is 31.6 Å². The molecule has 3 aromatic rings. The molecule has 1 aliphatic heterocycles. The number of amides is 1. The monoisotopic (exact) mass is 475 g/mol. The first-order chi connectivity index (χ1) is 16.6. The highest BCUT2D eigenvalue weighted by Gasteiger charge is 2.47. The van der Waals surface area contributed by atoms with Gasteiger partial charge in [0.2, 0.25) is 5.91 Å². The zero-order chi connectivity index (χ0) is 23.7. The van der Waals surface area contributed by atoms with E-state index in [1.807, 2.05) is 42.5 Å². The van der Waals surface area contributed by atoms with Crippen molar-refractivity contribution < 1.29 is 14.3 Å². The molecule has 4 nitrogen and oxygen atoms in total. The Labute approximate surface area is 206 Å². The molecule has 0 spiro atoms. The van der Waals surface area contributed by atoms with Crippen molar-refractivity contribution in [1.82, 2.24) is 4.90 Å². The number of hydrogen-bond acceptors (Lipinski definition) is 3. The second kappa shape index (κ2) is 9.34. The molecular formula is C29H30ClNO3. The number of ether oxygens (including phenoxy) is 2. The molecule has 0 bridgehead atoms. The summed E-state index contributed by atoms with van der Waals surface area (Å²) in [5.74, 6) is 1.62. The molecule has 3 aromatic carbocycles. The molecule has 176 valence electrons. The molecule has 1 saturated carbocycles. The van der Waals surface area contributed by atoms with E-state index < -0.39 is 5.41 Å². The topological polar surface area (TPSA) is 38.8 Å². The summed E-state index contributed by atoms with van der Waals surface area (Å²) in [5.41, 5.74) is 3.97. The summed E-state index contributed by atoms with van der Waals surface area (Å²) >= 11 is 6.19. The Balaban J connectivity index is 1.63. The average Bonchev–Trinajstić information content (AvgIpc) is 3.38. The van der Waals surface area contributed by atoms with Crippen molar-refractivity contribution in [2.75, 3.05) is 20.8 Å². The summed E-state index contributed by atoms with van der Waals surface area (Å²) in [6.45, 7) is 0.663. The van der Waals surface area contributed by atoms with Crippen LogP contribution in [0.15, 0.2) is 66.7 Å². The molecule has 1 fully saturated rings. The Hall–Kier alpha value is -2.98. The lowest BCUT2D eigenvalue weighted by molar-refractivity contribution is -0.139. The zero-order valence-electron chi connectivity index (χ0n) is 19.7. The van der Waals surface area contributed by atoms with E-state index in [1.165, 1.54) is 5.56 Å². The van der Waals surface area contributed by atoms with Crippen LogP contribution in [0.1, 0.15) is 54.0 Å². The molecule has 0 radical (unpaired) electrons. The third-order valence-corrected chi connectivity index (χ3v) is 7.77. The van der Waals surface area contributed by atoms with Crippen LogP contribution in [0.5, 0.6) is 11.5 Å². The van der Waals surface area contributed by atoms with E-state index in [9.17, 15) is 4.79 Å². The van der Waals surface area contributed by atoms with Crippen LogP contribution in [-0.2, 0) is 16.6 Å². The molecule has 0 aromatic heterocycles. The lowest BCUT2D eigenvalue weighted by Gasteiger charge is -2.43. The Kier molecular flexibility index (Phi) is 6.26. The maximum atomic E-state index is 14.5. The molecule has 1 heterocycles. The number of benzene rings is 3. The van der Waals surface area contributed by atoms with E-state index >= 15 is 0 Å². The molecule has 34 heavy (non-hydrogen) atoms. The van der Waals surface area contributed by atoms with Crippen LogP contribution in [0.3, 0.4) is 0 Å². The first-order valence-electron chi connectivity index (χ1n) is 11.9. The fraction of sp³-hybridized carbons (Fsp3) is 0.345. The van der Waals surface area contributed by atoms with Gasteiger partial charge in [0.25, 0.3) is 0 Å². The van der Waals surface area contributed by atoms with E-state index in [1.54, 1.807) is 14.2 Å². The number of fused-ring (bicyclic) bond motifs is 1. The summed E-state index contributed by atoms with van der Waals surface area (Å²) in [6, 6.07) is 22.1. The van der Waals surface area contributed by atoms with Gasteiger partial charge in [-0.05, 0) is 65.8 Å². The van der Waals surface area contributed by atoms with Crippen molar-refractivity contribution in [3.05, 3.63) is 94.0 Å². The summed E-state index contributed by atoms with van der Waals surface area (Å²) in [5, 5.41) is 0.694. The summed E-state index contributed by atoms with van der Waals surface area (Å²) in [6.07, 6.45) is 4.62. The third-order valence-electron chi connectivity index (χ3n) is 7.51. The van der Waals surface area contributed by atoms with Crippen molar-refractivity contribution >= 4 is 17.5 Å². The maximum Gasteiger partial charge on any atom is 0.234 e. The van der Waals surface area contributed by atoms with Gasteiger partial charge < -0.3 is 14.4 Å². The minimum atomic E-state index is -0.508. The zero-order valence-corrected chi connectivity index (χ0v) is 20.5. The van der Waals surface area contributed by atoms with Gasteiger partial charge in [-0.3, -0.25) is 4.79 Å². The van der Waals surface area contributed by atoms with Crippen molar-refractivity contribution in [3.63, 3.8) is 0 Å². The second-order valence-corrected chi connectivity index (χ2v) is 9.70. The molecule has 0 N–H and O–H groups in total. The Morgan fingerprint density at radius 1 is 0.941 bits per heavy atom. The van der Waals surface area contributed by atoms with Crippen LogP contribution in [0.4, 0.5) is 0 Å². The van der Waals surface area contributed by atoms with Gasteiger partial charge in [-0.25, -0.2) is 0 Å². The van der Waals surface area contributed by atoms with E-state index in [0.717, 1.165) is 54.5 Å². The highest BCUT2D eigenvalue weighted by atomic mass is 35.5. The molecule has 1 aliphatic carbocycles. The first kappa shape index (κ1) is 22.8. The standard InChI is InChI=1S/C29H30ClNO3/c1-33-25-18-21-14-17-31(27(20-8-4-3-5-9-20)24(21)19-26(25)34-2)28(32)29(15-6-7-16-29)22-10-12-23(30)13-11-22/h3-5,8-13,18-19,27H,6-7,14-17H2,1-2H3/t27-/m0/s1. The summed E-state index contributed by atoms with van der Waals surface area (Å²) in [4.78, 5) is 16.6. The smallest absolute Gasteiger partial charge is 0.234 e. The molecule has 5 heteroatoms. The third kappa shape index (κ3) is 3.84. The van der Waals surface area contributed by atoms with E-state index in [4.69, 9.17) is 21.1 Å². The SMILES string of the molecule is COc1cc2c(cc1OC)[C@H](c1ccccc1)N(C(=O)C1(c3ccc(Cl)cc3)CCCC1)CC2. The number of nitrogens with zero attached hydrogens (tertiary/aromatic N) is 1. The number of halogens is 1. The van der Waals surface area contributed by atoms with E-state index in [-0.39, 0.29) is 11.9 Å². The van der Waals surface area contributed by atoms with Gasteiger partial charge in [-0.15, -0.1) is 0 Å². The normalized spacial score (nSPS) is 18.9. The van der Waals surface area contributed by atoms with Crippen LogP contribution in [0, 0.1) is 0 Å². The Morgan fingerprint density at radius 3 is 2.24 bits per heavy atom. The quantitative estimate of drug-likeness (QED) is 0.432. The first-order valence-corrected chi connectivity index (χ1v) is 12.3. The van der Waals surface area contributed by atoms with Crippen LogP contribution < -0.4 is 9.47 Å². The number of carbonyl (C=O) groups excluding carboxylic acids is 1. The van der Waals surface area contributed by atoms with Crippen LogP contribution in [0.25, 0.3) is 0 Å². The molecular weight excluding hydrogens is 446 g/mol. The fourth-order valence-electron chi connectivity index (χ4n) is 5.81. The van der Waals surface area contributed by atoms with Gasteiger partial charge in [-0.2, -0.15) is 0 Å². The fourth-order valence-corrected chi connectivity index (χ4v) is 5.93. The van der Waals surface area contributed by atoms with Gasteiger partial charge in [0.15, 0.2) is 11.5 Å².